The summed E-state index contributed by atoms with van der Waals surface area (Å²) in [5.74, 6) is 0.249. The fourth-order valence-electron chi connectivity index (χ4n) is 1.41. The van der Waals surface area contributed by atoms with E-state index < -0.39 is 11.6 Å². The second-order valence-corrected chi connectivity index (χ2v) is 4.50. The van der Waals surface area contributed by atoms with Gasteiger partial charge in [0.25, 0.3) is 0 Å². The van der Waals surface area contributed by atoms with Crippen LogP contribution in [0.15, 0.2) is 24.3 Å². The van der Waals surface area contributed by atoms with Gasteiger partial charge >= 0.3 is 5.97 Å². The monoisotopic (exact) mass is 237 g/mol. The van der Waals surface area contributed by atoms with Crippen LogP contribution in [0.5, 0.6) is 5.75 Å². The number of rotatable bonds is 4. The van der Waals surface area contributed by atoms with Gasteiger partial charge in [-0.25, -0.2) is 4.79 Å². The Balaban J connectivity index is 2.88. The summed E-state index contributed by atoms with van der Waals surface area (Å²) in [6, 6.07) is 7.55. The van der Waals surface area contributed by atoms with Gasteiger partial charge in [0, 0.05) is 25.8 Å². The zero-order valence-electron chi connectivity index (χ0n) is 11.0. The first-order valence-corrected chi connectivity index (χ1v) is 5.41. The van der Waals surface area contributed by atoms with E-state index in [1.54, 1.807) is 13.8 Å². The summed E-state index contributed by atoms with van der Waals surface area (Å²) in [5.41, 5.74) is 0.0304. The molecule has 4 nitrogen and oxygen atoms in total. The molecule has 0 amide bonds. The molecule has 0 bridgehead atoms. The fourth-order valence-corrected chi connectivity index (χ4v) is 1.41. The number of carbonyl (C=O) groups excluding carboxylic acids is 1. The molecule has 0 radical (unpaired) electrons. The highest BCUT2D eigenvalue weighted by Gasteiger charge is 2.31. The fraction of sp³-hybridized carbons (Fsp3) is 0.462. The number of anilines is 1. The number of hydrogen-bond donors (Lipinski definition) is 0. The predicted octanol–water partition coefficient (Wildman–Crippen LogP) is 2.08. The van der Waals surface area contributed by atoms with Crippen molar-refractivity contribution in [2.75, 3.05) is 26.1 Å². The molecule has 0 saturated heterocycles. The van der Waals surface area contributed by atoms with Crippen LogP contribution in [0.4, 0.5) is 5.69 Å². The van der Waals surface area contributed by atoms with Crippen LogP contribution in [-0.4, -0.2) is 32.8 Å². The highest BCUT2D eigenvalue weighted by atomic mass is 16.6. The lowest BCUT2D eigenvalue weighted by Crippen LogP contribution is -2.39. The summed E-state index contributed by atoms with van der Waals surface area (Å²) < 4.78 is 10.3. The van der Waals surface area contributed by atoms with Gasteiger partial charge in [-0.2, -0.15) is 0 Å². The molecule has 4 heteroatoms. The Morgan fingerprint density at radius 1 is 1.29 bits per heavy atom. The normalized spacial score (nSPS) is 10.9. The van der Waals surface area contributed by atoms with Crippen molar-refractivity contribution in [2.24, 2.45) is 0 Å². The molecule has 1 rings (SSSR count). The number of esters is 1. The summed E-state index contributed by atoms with van der Waals surface area (Å²) in [7, 11) is 5.25. The maximum Gasteiger partial charge on any atom is 0.349 e. The zero-order valence-corrected chi connectivity index (χ0v) is 11.0. The smallest absolute Gasteiger partial charge is 0.349 e. The maximum absolute atomic E-state index is 11.5. The van der Waals surface area contributed by atoms with Gasteiger partial charge < -0.3 is 14.4 Å². The SMILES string of the molecule is COC(=O)C(C)(C)Oc1cccc(N(C)C)c1. The van der Waals surface area contributed by atoms with E-state index in [2.05, 4.69) is 0 Å². The van der Waals surface area contributed by atoms with Crippen molar-refractivity contribution in [2.45, 2.75) is 19.4 Å². The van der Waals surface area contributed by atoms with Gasteiger partial charge in [0.2, 0.25) is 0 Å². The molecule has 0 fully saturated rings. The topological polar surface area (TPSA) is 38.8 Å². The lowest BCUT2D eigenvalue weighted by atomic mass is 10.1. The van der Waals surface area contributed by atoms with Crippen molar-refractivity contribution in [3.8, 4) is 5.75 Å². The summed E-state index contributed by atoms with van der Waals surface area (Å²) in [6.45, 7) is 3.36. The molecule has 0 aliphatic carbocycles. The van der Waals surface area contributed by atoms with E-state index in [-0.39, 0.29) is 0 Å². The Labute approximate surface area is 102 Å². The molecule has 0 unspecified atom stereocenters. The van der Waals surface area contributed by atoms with Crippen molar-refractivity contribution >= 4 is 11.7 Å². The van der Waals surface area contributed by atoms with Crippen LogP contribution in [0.3, 0.4) is 0 Å². The highest BCUT2D eigenvalue weighted by Crippen LogP contribution is 2.23. The Hall–Kier alpha value is -1.71. The van der Waals surface area contributed by atoms with E-state index in [1.807, 2.05) is 43.3 Å². The third-order valence-electron chi connectivity index (χ3n) is 2.38. The van der Waals surface area contributed by atoms with Crippen LogP contribution in [0.25, 0.3) is 0 Å². The van der Waals surface area contributed by atoms with E-state index in [1.165, 1.54) is 7.11 Å². The van der Waals surface area contributed by atoms with Crippen molar-refractivity contribution in [3.05, 3.63) is 24.3 Å². The Kier molecular flexibility index (Phi) is 3.99. The van der Waals surface area contributed by atoms with Crippen LogP contribution in [-0.2, 0) is 9.53 Å². The Morgan fingerprint density at radius 3 is 2.47 bits per heavy atom. The van der Waals surface area contributed by atoms with Crippen molar-refractivity contribution in [3.63, 3.8) is 0 Å². The molecular weight excluding hydrogens is 218 g/mol. The van der Waals surface area contributed by atoms with Crippen molar-refractivity contribution in [1.82, 2.24) is 0 Å². The van der Waals surface area contributed by atoms with Crippen molar-refractivity contribution in [1.29, 1.82) is 0 Å². The van der Waals surface area contributed by atoms with Crippen LogP contribution < -0.4 is 9.64 Å². The molecule has 0 aromatic heterocycles. The summed E-state index contributed by atoms with van der Waals surface area (Å²) in [5, 5.41) is 0. The van der Waals surface area contributed by atoms with Gasteiger partial charge in [-0.3, -0.25) is 0 Å². The molecule has 0 atom stereocenters. The van der Waals surface area contributed by atoms with Crippen LogP contribution >= 0.6 is 0 Å². The van der Waals surface area contributed by atoms with E-state index in [9.17, 15) is 4.79 Å². The standard InChI is InChI=1S/C13H19NO3/c1-13(2,12(15)16-5)17-11-8-6-7-10(9-11)14(3)4/h6-9H,1-5H3. The van der Waals surface area contributed by atoms with E-state index in [4.69, 9.17) is 9.47 Å². The number of hydrogen-bond acceptors (Lipinski definition) is 4. The molecule has 0 heterocycles. The maximum atomic E-state index is 11.5. The summed E-state index contributed by atoms with van der Waals surface area (Å²) >= 11 is 0. The number of nitrogens with zero attached hydrogens (tertiary/aromatic N) is 1. The Bertz CT molecular complexity index is 399. The minimum Gasteiger partial charge on any atom is -0.476 e. The van der Waals surface area contributed by atoms with Crippen molar-refractivity contribution < 1.29 is 14.3 Å². The minimum absolute atomic E-state index is 0.396. The first kappa shape index (κ1) is 13.4. The number of ether oxygens (including phenoxy) is 2. The molecular formula is C13H19NO3. The van der Waals surface area contributed by atoms with Crippen LogP contribution in [0.2, 0.25) is 0 Å². The average Bonchev–Trinajstić information content (AvgIpc) is 2.27. The molecule has 0 spiro atoms. The molecule has 0 N–H and O–H groups in total. The van der Waals surface area contributed by atoms with E-state index in [0.717, 1.165) is 5.69 Å². The van der Waals surface area contributed by atoms with Gasteiger partial charge in [0.1, 0.15) is 5.75 Å². The lowest BCUT2D eigenvalue weighted by molar-refractivity contribution is -0.156. The molecule has 94 valence electrons. The molecule has 1 aromatic rings. The predicted molar refractivity (Wildman–Crippen MR) is 67.5 cm³/mol. The zero-order chi connectivity index (χ0) is 13.1. The minimum atomic E-state index is -0.986. The van der Waals surface area contributed by atoms with Crippen LogP contribution in [0.1, 0.15) is 13.8 Å². The van der Waals surface area contributed by atoms with Gasteiger partial charge in [-0.05, 0) is 26.0 Å². The van der Waals surface area contributed by atoms with Gasteiger partial charge in [0.15, 0.2) is 5.60 Å². The number of carbonyl (C=O) groups is 1. The molecule has 0 saturated carbocycles. The third kappa shape index (κ3) is 3.37. The second-order valence-electron chi connectivity index (χ2n) is 4.50. The van der Waals surface area contributed by atoms with Crippen LogP contribution in [0, 0.1) is 0 Å². The molecule has 0 aliphatic heterocycles. The summed E-state index contributed by atoms with van der Waals surface area (Å²) in [4.78, 5) is 13.5. The first-order valence-electron chi connectivity index (χ1n) is 5.41. The van der Waals surface area contributed by atoms with Gasteiger partial charge in [0.05, 0.1) is 7.11 Å². The quantitative estimate of drug-likeness (QED) is 0.752. The largest absolute Gasteiger partial charge is 0.476 e. The second kappa shape index (κ2) is 5.08. The molecule has 17 heavy (non-hydrogen) atoms. The first-order chi connectivity index (χ1) is 7.86. The van der Waals surface area contributed by atoms with E-state index in [0.29, 0.717) is 5.75 Å². The lowest BCUT2D eigenvalue weighted by Gasteiger charge is -2.24. The average molecular weight is 237 g/mol. The number of benzene rings is 1. The Morgan fingerprint density at radius 2 is 1.94 bits per heavy atom. The van der Waals surface area contributed by atoms with Gasteiger partial charge in [-0.15, -0.1) is 0 Å². The third-order valence-corrected chi connectivity index (χ3v) is 2.38. The molecule has 0 aliphatic rings. The molecule has 1 aromatic carbocycles. The summed E-state index contributed by atoms with van der Waals surface area (Å²) in [6.07, 6.45) is 0. The van der Waals surface area contributed by atoms with Gasteiger partial charge in [-0.1, -0.05) is 6.07 Å². The number of methoxy groups -OCH3 is 1. The highest BCUT2D eigenvalue weighted by molar-refractivity contribution is 5.78. The van der Waals surface area contributed by atoms with E-state index >= 15 is 0 Å².